The Morgan fingerprint density at radius 1 is 1.06 bits per heavy atom. The van der Waals surface area contributed by atoms with E-state index < -0.39 is 29.7 Å². The van der Waals surface area contributed by atoms with Crippen molar-refractivity contribution >= 4 is 11.9 Å². The van der Waals surface area contributed by atoms with Crippen molar-refractivity contribution in [2.24, 2.45) is 5.92 Å². The molecule has 0 spiro atoms. The summed E-state index contributed by atoms with van der Waals surface area (Å²) in [7, 11) is 1.59. The minimum atomic E-state index is -4.44. The number of amides is 1. The highest BCUT2D eigenvalue weighted by molar-refractivity contribution is 5.82. The SMILES string of the molecule is CN1C(=O)CCC(C(=O)OCCC2CCCc3ccccc32)C1c1ccc(C(F)(F)F)cc1. The van der Waals surface area contributed by atoms with Crippen LogP contribution < -0.4 is 0 Å². The van der Waals surface area contributed by atoms with Crippen LogP contribution >= 0.6 is 0 Å². The molecule has 3 unspecified atom stereocenters. The molecule has 1 aliphatic heterocycles. The smallest absolute Gasteiger partial charge is 0.416 e. The average Bonchev–Trinajstić information content (AvgIpc) is 2.80. The number of likely N-dealkylation sites (tertiary alicyclic amines) is 1. The molecule has 176 valence electrons. The third kappa shape index (κ3) is 5.07. The Labute approximate surface area is 191 Å². The summed E-state index contributed by atoms with van der Waals surface area (Å²) in [6.07, 6.45) is 0.0652. The molecule has 2 aromatic rings. The van der Waals surface area contributed by atoms with Crippen molar-refractivity contribution in [3.05, 3.63) is 70.8 Å². The molecule has 33 heavy (non-hydrogen) atoms. The van der Waals surface area contributed by atoms with Crippen LogP contribution in [-0.4, -0.2) is 30.4 Å². The highest BCUT2D eigenvalue weighted by Crippen LogP contribution is 2.39. The monoisotopic (exact) mass is 459 g/mol. The third-order valence-electron chi connectivity index (χ3n) is 6.95. The minimum absolute atomic E-state index is 0.136. The molecular weight excluding hydrogens is 431 g/mol. The first-order chi connectivity index (χ1) is 15.8. The topological polar surface area (TPSA) is 46.6 Å². The van der Waals surface area contributed by atoms with Crippen molar-refractivity contribution in [1.82, 2.24) is 4.90 Å². The molecule has 2 aromatic carbocycles. The quantitative estimate of drug-likeness (QED) is 0.542. The fourth-order valence-electron chi connectivity index (χ4n) is 5.17. The Morgan fingerprint density at radius 2 is 1.79 bits per heavy atom. The van der Waals surface area contributed by atoms with Gasteiger partial charge in [-0.05, 0) is 66.8 Å². The van der Waals surface area contributed by atoms with Crippen molar-refractivity contribution in [1.29, 1.82) is 0 Å². The lowest BCUT2D eigenvalue weighted by atomic mass is 9.81. The van der Waals surface area contributed by atoms with E-state index in [0.29, 0.717) is 17.9 Å². The molecule has 2 aliphatic rings. The minimum Gasteiger partial charge on any atom is -0.465 e. The Bertz CT molecular complexity index is 1000. The van der Waals surface area contributed by atoms with E-state index in [4.69, 9.17) is 4.74 Å². The number of ether oxygens (including phenoxy) is 1. The first-order valence-electron chi connectivity index (χ1n) is 11.4. The van der Waals surface area contributed by atoms with Gasteiger partial charge in [-0.2, -0.15) is 13.2 Å². The summed E-state index contributed by atoms with van der Waals surface area (Å²) in [5.74, 6) is -0.793. The van der Waals surface area contributed by atoms with Crippen LogP contribution in [0.25, 0.3) is 0 Å². The second-order valence-electron chi connectivity index (χ2n) is 8.96. The number of carbonyl (C=O) groups is 2. The zero-order chi connectivity index (χ0) is 23.6. The lowest BCUT2D eigenvalue weighted by Gasteiger charge is -2.38. The first-order valence-corrected chi connectivity index (χ1v) is 11.4. The number of alkyl halides is 3. The molecular formula is C26H28F3NO3. The number of carbonyl (C=O) groups excluding carboxylic acids is 2. The molecule has 1 aliphatic carbocycles. The van der Waals surface area contributed by atoms with E-state index >= 15 is 0 Å². The van der Waals surface area contributed by atoms with Crippen LogP contribution in [0.5, 0.6) is 0 Å². The number of aryl methyl sites for hydroxylation is 1. The maximum Gasteiger partial charge on any atom is 0.416 e. The van der Waals surface area contributed by atoms with E-state index in [1.165, 1.54) is 28.2 Å². The number of fused-ring (bicyclic) bond motifs is 1. The van der Waals surface area contributed by atoms with Gasteiger partial charge < -0.3 is 9.64 Å². The van der Waals surface area contributed by atoms with Gasteiger partial charge in [0.05, 0.1) is 24.1 Å². The van der Waals surface area contributed by atoms with Gasteiger partial charge in [0.15, 0.2) is 0 Å². The zero-order valence-electron chi connectivity index (χ0n) is 18.6. The van der Waals surface area contributed by atoms with Gasteiger partial charge in [-0.1, -0.05) is 36.4 Å². The van der Waals surface area contributed by atoms with Crippen LogP contribution in [0.1, 0.15) is 66.3 Å². The van der Waals surface area contributed by atoms with Crippen LogP contribution in [0.15, 0.2) is 48.5 Å². The van der Waals surface area contributed by atoms with Gasteiger partial charge in [-0.15, -0.1) is 0 Å². The standard InChI is InChI=1S/C26H28F3NO3/c1-30-23(31)14-13-22(24(30)19-9-11-20(12-10-19)26(27,28)29)25(32)33-16-15-18-7-4-6-17-5-2-3-8-21(17)18/h2-3,5,8-12,18,22,24H,4,6-7,13-16H2,1H3. The molecule has 3 atom stereocenters. The molecule has 7 heteroatoms. The second kappa shape index (κ2) is 9.57. The molecule has 0 N–H and O–H groups in total. The summed E-state index contributed by atoms with van der Waals surface area (Å²) in [6, 6.07) is 12.4. The number of piperidine rings is 1. The van der Waals surface area contributed by atoms with Crippen molar-refractivity contribution in [3.63, 3.8) is 0 Å². The zero-order valence-corrected chi connectivity index (χ0v) is 18.6. The van der Waals surface area contributed by atoms with Crippen LogP contribution in [0.2, 0.25) is 0 Å². The summed E-state index contributed by atoms with van der Waals surface area (Å²) in [5, 5.41) is 0. The summed E-state index contributed by atoms with van der Waals surface area (Å²) >= 11 is 0. The number of nitrogens with zero attached hydrogens (tertiary/aromatic N) is 1. The largest absolute Gasteiger partial charge is 0.465 e. The highest BCUT2D eigenvalue weighted by atomic mass is 19.4. The number of hydrogen-bond donors (Lipinski definition) is 0. The van der Waals surface area contributed by atoms with Crippen molar-refractivity contribution in [3.8, 4) is 0 Å². The van der Waals surface area contributed by atoms with E-state index in [1.54, 1.807) is 7.05 Å². The van der Waals surface area contributed by atoms with Crippen molar-refractivity contribution < 1.29 is 27.5 Å². The van der Waals surface area contributed by atoms with E-state index in [1.807, 2.05) is 12.1 Å². The van der Waals surface area contributed by atoms with Gasteiger partial charge >= 0.3 is 12.1 Å². The van der Waals surface area contributed by atoms with Crippen LogP contribution in [0.4, 0.5) is 13.2 Å². The van der Waals surface area contributed by atoms with Crippen molar-refractivity contribution in [2.75, 3.05) is 13.7 Å². The van der Waals surface area contributed by atoms with E-state index in [0.717, 1.165) is 37.8 Å². The normalized spacial score (nSPS) is 23.2. The van der Waals surface area contributed by atoms with E-state index in [-0.39, 0.29) is 18.9 Å². The molecule has 0 bridgehead atoms. The lowest BCUT2D eigenvalue weighted by Crippen LogP contribution is -2.43. The molecule has 0 radical (unpaired) electrons. The molecule has 4 rings (SSSR count). The summed E-state index contributed by atoms with van der Waals surface area (Å²) < 4.78 is 44.5. The van der Waals surface area contributed by atoms with Gasteiger partial charge in [0, 0.05) is 13.5 Å². The Morgan fingerprint density at radius 3 is 2.52 bits per heavy atom. The number of hydrogen-bond acceptors (Lipinski definition) is 3. The van der Waals surface area contributed by atoms with Gasteiger partial charge in [0.1, 0.15) is 0 Å². The highest BCUT2D eigenvalue weighted by Gasteiger charge is 2.40. The van der Waals surface area contributed by atoms with Crippen LogP contribution in [0.3, 0.4) is 0 Å². The number of esters is 1. The van der Waals surface area contributed by atoms with Crippen LogP contribution in [0, 0.1) is 5.92 Å². The molecule has 1 fully saturated rings. The number of rotatable bonds is 5. The van der Waals surface area contributed by atoms with Crippen LogP contribution in [-0.2, 0) is 26.9 Å². The fourth-order valence-corrected chi connectivity index (χ4v) is 5.17. The maximum atomic E-state index is 13.0. The van der Waals surface area contributed by atoms with Gasteiger partial charge in [-0.3, -0.25) is 9.59 Å². The summed E-state index contributed by atoms with van der Waals surface area (Å²) in [4.78, 5) is 26.8. The molecule has 4 nitrogen and oxygen atoms in total. The summed E-state index contributed by atoms with van der Waals surface area (Å²) in [6.45, 7) is 0.283. The first kappa shape index (κ1) is 23.3. The maximum absolute atomic E-state index is 13.0. The lowest BCUT2D eigenvalue weighted by molar-refractivity contribution is -0.156. The van der Waals surface area contributed by atoms with Gasteiger partial charge in [0.2, 0.25) is 5.91 Å². The second-order valence-corrected chi connectivity index (χ2v) is 8.96. The Hall–Kier alpha value is -2.83. The summed E-state index contributed by atoms with van der Waals surface area (Å²) in [5.41, 5.74) is 2.42. The van der Waals surface area contributed by atoms with Gasteiger partial charge in [0.25, 0.3) is 0 Å². The van der Waals surface area contributed by atoms with E-state index in [2.05, 4.69) is 12.1 Å². The molecule has 1 saturated heterocycles. The predicted octanol–water partition coefficient (Wildman–Crippen LogP) is 5.67. The van der Waals surface area contributed by atoms with E-state index in [9.17, 15) is 22.8 Å². The Kier molecular flexibility index (Phi) is 6.77. The molecule has 0 aromatic heterocycles. The Balaban J connectivity index is 1.44. The predicted molar refractivity (Wildman–Crippen MR) is 117 cm³/mol. The van der Waals surface area contributed by atoms with Crippen molar-refractivity contribution in [2.45, 2.75) is 56.7 Å². The molecule has 0 saturated carbocycles. The van der Waals surface area contributed by atoms with Gasteiger partial charge in [-0.25, -0.2) is 0 Å². The fraction of sp³-hybridized carbons (Fsp3) is 0.462. The number of benzene rings is 2. The third-order valence-corrected chi connectivity index (χ3v) is 6.95. The molecule has 1 amide bonds. The number of halogens is 3. The average molecular weight is 460 g/mol. The molecule has 1 heterocycles.